The quantitative estimate of drug-likeness (QED) is 0.753. The van der Waals surface area contributed by atoms with E-state index in [4.69, 9.17) is 0 Å². The summed E-state index contributed by atoms with van der Waals surface area (Å²) in [5.74, 6) is 0.828. The van der Waals surface area contributed by atoms with Crippen molar-refractivity contribution in [1.82, 2.24) is 10.2 Å². The van der Waals surface area contributed by atoms with Gasteiger partial charge in [-0.1, -0.05) is 33.1 Å². The fourth-order valence-electron chi connectivity index (χ4n) is 2.73. The molecule has 0 saturated heterocycles. The maximum absolute atomic E-state index is 3.48. The summed E-state index contributed by atoms with van der Waals surface area (Å²) in [6.07, 6.45) is 6.83. The van der Waals surface area contributed by atoms with Crippen molar-refractivity contribution >= 4 is 0 Å². The van der Waals surface area contributed by atoms with Crippen molar-refractivity contribution in [3.63, 3.8) is 0 Å². The lowest BCUT2D eigenvalue weighted by Crippen LogP contribution is -2.50. The molecule has 0 aromatic heterocycles. The van der Waals surface area contributed by atoms with Crippen molar-refractivity contribution < 1.29 is 0 Å². The fourth-order valence-corrected chi connectivity index (χ4v) is 2.73. The zero-order valence-electron chi connectivity index (χ0n) is 10.9. The summed E-state index contributed by atoms with van der Waals surface area (Å²) >= 11 is 0. The van der Waals surface area contributed by atoms with Crippen LogP contribution in [0.2, 0.25) is 0 Å². The lowest BCUT2D eigenvalue weighted by Gasteiger charge is -2.39. The monoisotopic (exact) mass is 212 g/mol. The van der Waals surface area contributed by atoms with Gasteiger partial charge in [-0.2, -0.15) is 0 Å². The molecule has 1 rings (SSSR count). The van der Waals surface area contributed by atoms with Gasteiger partial charge in [0.2, 0.25) is 0 Å². The Morgan fingerprint density at radius 2 is 2.00 bits per heavy atom. The average Bonchev–Trinajstić information content (AvgIpc) is 2.28. The van der Waals surface area contributed by atoms with Crippen molar-refractivity contribution in [3.8, 4) is 0 Å². The van der Waals surface area contributed by atoms with Crippen LogP contribution in [0.4, 0.5) is 0 Å². The van der Waals surface area contributed by atoms with Gasteiger partial charge in [-0.25, -0.2) is 0 Å². The Morgan fingerprint density at radius 3 is 2.60 bits per heavy atom. The second-order valence-electron chi connectivity index (χ2n) is 5.20. The van der Waals surface area contributed by atoms with Gasteiger partial charge in [-0.3, -0.25) is 0 Å². The Morgan fingerprint density at radius 1 is 1.33 bits per heavy atom. The second-order valence-corrected chi connectivity index (χ2v) is 5.20. The summed E-state index contributed by atoms with van der Waals surface area (Å²) in [4.78, 5) is 2.58. The average molecular weight is 212 g/mol. The molecule has 0 aromatic carbocycles. The van der Waals surface area contributed by atoms with Crippen LogP contribution in [-0.4, -0.2) is 37.6 Å². The highest BCUT2D eigenvalue weighted by molar-refractivity contribution is 4.86. The maximum atomic E-state index is 3.48. The summed E-state index contributed by atoms with van der Waals surface area (Å²) in [5.41, 5.74) is 0. The molecule has 90 valence electrons. The topological polar surface area (TPSA) is 15.3 Å². The molecule has 2 heteroatoms. The summed E-state index contributed by atoms with van der Waals surface area (Å²) in [5, 5.41) is 3.48. The van der Waals surface area contributed by atoms with E-state index in [2.05, 4.69) is 38.2 Å². The Labute approximate surface area is 95.4 Å². The number of nitrogens with one attached hydrogen (secondary N) is 1. The molecule has 0 bridgehead atoms. The predicted molar refractivity (Wildman–Crippen MR) is 67.2 cm³/mol. The van der Waals surface area contributed by atoms with Gasteiger partial charge in [0.25, 0.3) is 0 Å². The SMILES string of the molecule is CCC(C)CN(C)C1CCCCC1NC. The molecule has 1 aliphatic carbocycles. The van der Waals surface area contributed by atoms with Crippen LogP contribution in [0.5, 0.6) is 0 Å². The molecule has 0 aliphatic heterocycles. The summed E-state index contributed by atoms with van der Waals surface area (Å²) in [7, 11) is 4.41. The molecule has 1 N–H and O–H groups in total. The van der Waals surface area contributed by atoms with E-state index in [0.717, 1.165) is 12.0 Å². The number of likely N-dealkylation sites (N-methyl/N-ethyl adjacent to an activating group) is 2. The first-order valence-corrected chi connectivity index (χ1v) is 6.56. The molecule has 3 unspecified atom stereocenters. The third-order valence-electron chi connectivity index (χ3n) is 3.96. The largest absolute Gasteiger partial charge is 0.315 e. The van der Waals surface area contributed by atoms with Gasteiger partial charge in [-0.15, -0.1) is 0 Å². The molecule has 0 radical (unpaired) electrons. The minimum Gasteiger partial charge on any atom is -0.315 e. The van der Waals surface area contributed by atoms with Crippen LogP contribution in [-0.2, 0) is 0 Å². The van der Waals surface area contributed by atoms with E-state index in [9.17, 15) is 0 Å². The standard InChI is InChI=1S/C13H28N2/c1-5-11(2)10-15(4)13-9-7-6-8-12(13)14-3/h11-14H,5-10H2,1-4H3. The molecule has 1 saturated carbocycles. The molecule has 0 heterocycles. The lowest BCUT2D eigenvalue weighted by atomic mass is 9.89. The number of nitrogens with zero attached hydrogens (tertiary/aromatic N) is 1. The van der Waals surface area contributed by atoms with Crippen LogP contribution in [0.15, 0.2) is 0 Å². The van der Waals surface area contributed by atoms with Crippen molar-refractivity contribution in [1.29, 1.82) is 0 Å². The highest BCUT2D eigenvalue weighted by Crippen LogP contribution is 2.23. The van der Waals surface area contributed by atoms with Crippen molar-refractivity contribution in [2.45, 2.75) is 58.0 Å². The first-order chi connectivity index (χ1) is 7.19. The van der Waals surface area contributed by atoms with Gasteiger partial charge < -0.3 is 10.2 Å². The Kier molecular flexibility index (Phi) is 5.62. The van der Waals surface area contributed by atoms with E-state index in [1.54, 1.807) is 0 Å². The van der Waals surface area contributed by atoms with E-state index in [1.165, 1.54) is 38.6 Å². The lowest BCUT2D eigenvalue weighted by molar-refractivity contribution is 0.137. The minimum absolute atomic E-state index is 0.716. The number of rotatable bonds is 5. The molecular formula is C13H28N2. The van der Waals surface area contributed by atoms with Crippen LogP contribution >= 0.6 is 0 Å². The normalized spacial score (nSPS) is 29.4. The van der Waals surface area contributed by atoms with Gasteiger partial charge in [0, 0.05) is 18.6 Å². The molecule has 1 aliphatic rings. The van der Waals surface area contributed by atoms with Crippen LogP contribution in [0.1, 0.15) is 46.0 Å². The first kappa shape index (κ1) is 13.0. The van der Waals surface area contributed by atoms with Crippen molar-refractivity contribution in [2.75, 3.05) is 20.6 Å². The second kappa shape index (κ2) is 6.49. The van der Waals surface area contributed by atoms with Gasteiger partial charge in [0.1, 0.15) is 0 Å². The van der Waals surface area contributed by atoms with Crippen LogP contribution < -0.4 is 5.32 Å². The van der Waals surface area contributed by atoms with Gasteiger partial charge in [-0.05, 0) is 32.9 Å². The van der Waals surface area contributed by atoms with Crippen LogP contribution in [0.25, 0.3) is 0 Å². The smallest absolute Gasteiger partial charge is 0.0246 e. The maximum Gasteiger partial charge on any atom is 0.0246 e. The molecule has 1 fully saturated rings. The third-order valence-corrected chi connectivity index (χ3v) is 3.96. The molecule has 3 atom stereocenters. The molecule has 2 nitrogen and oxygen atoms in total. The van der Waals surface area contributed by atoms with E-state index < -0.39 is 0 Å². The first-order valence-electron chi connectivity index (χ1n) is 6.56. The van der Waals surface area contributed by atoms with Crippen molar-refractivity contribution in [2.24, 2.45) is 5.92 Å². The van der Waals surface area contributed by atoms with Crippen LogP contribution in [0.3, 0.4) is 0 Å². The van der Waals surface area contributed by atoms with Crippen LogP contribution in [0, 0.1) is 5.92 Å². The predicted octanol–water partition coefficient (Wildman–Crippen LogP) is 2.49. The minimum atomic E-state index is 0.716. The van der Waals surface area contributed by atoms with E-state index in [0.29, 0.717) is 6.04 Å². The molecule has 0 spiro atoms. The Hall–Kier alpha value is -0.0800. The van der Waals surface area contributed by atoms with E-state index >= 15 is 0 Å². The van der Waals surface area contributed by atoms with Crippen molar-refractivity contribution in [3.05, 3.63) is 0 Å². The Balaban J connectivity index is 2.44. The molecular weight excluding hydrogens is 184 g/mol. The van der Waals surface area contributed by atoms with E-state index in [1.807, 2.05) is 0 Å². The zero-order chi connectivity index (χ0) is 11.3. The molecule has 0 aromatic rings. The molecule has 15 heavy (non-hydrogen) atoms. The van der Waals surface area contributed by atoms with Gasteiger partial charge >= 0.3 is 0 Å². The van der Waals surface area contributed by atoms with Gasteiger partial charge in [0.15, 0.2) is 0 Å². The highest BCUT2D eigenvalue weighted by atomic mass is 15.2. The summed E-state index contributed by atoms with van der Waals surface area (Å²) in [6.45, 7) is 5.89. The fraction of sp³-hybridized carbons (Fsp3) is 1.00. The molecule has 0 amide bonds. The highest BCUT2D eigenvalue weighted by Gasteiger charge is 2.27. The number of hydrogen-bond donors (Lipinski definition) is 1. The summed E-state index contributed by atoms with van der Waals surface area (Å²) < 4.78 is 0. The van der Waals surface area contributed by atoms with E-state index in [-0.39, 0.29) is 0 Å². The third kappa shape index (κ3) is 3.76. The Bertz CT molecular complexity index is 170. The zero-order valence-corrected chi connectivity index (χ0v) is 10.9. The number of hydrogen-bond acceptors (Lipinski definition) is 2. The summed E-state index contributed by atoms with van der Waals surface area (Å²) in [6, 6.07) is 1.48. The van der Waals surface area contributed by atoms with Gasteiger partial charge in [0.05, 0.1) is 0 Å².